The molecule has 104 valence electrons. The smallest absolute Gasteiger partial charge is 0.870 e. The van der Waals surface area contributed by atoms with Crippen molar-refractivity contribution in [3.05, 3.63) is 39.4 Å². The van der Waals surface area contributed by atoms with Crippen LogP contribution >= 0.6 is 0 Å². The summed E-state index contributed by atoms with van der Waals surface area (Å²) >= 11 is 0. The Morgan fingerprint density at radius 2 is 2.35 bits per heavy atom. The van der Waals surface area contributed by atoms with Crippen LogP contribution in [0.15, 0.2) is 22.2 Å². The molecule has 4 N–H and O–H groups in total. The molecule has 1 aliphatic heterocycles. The van der Waals surface area contributed by atoms with Crippen molar-refractivity contribution in [2.45, 2.75) is 18.5 Å². The molecule has 0 aliphatic carbocycles. The molecule has 2 heterocycles. The van der Waals surface area contributed by atoms with Gasteiger partial charge in [0.2, 0.25) is 0 Å². The Morgan fingerprint density at radius 3 is 2.90 bits per heavy atom. The number of ether oxygens (including phenoxy) is 1. The molecule has 0 amide bonds. The van der Waals surface area contributed by atoms with Crippen LogP contribution in [0.1, 0.15) is 6.23 Å². The summed E-state index contributed by atoms with van der Waals surface area (Å²) in [7, 11) is 0. The van der Waals surface area contributed by atoms with Crippen LogP contribution in [-0.2, 0) is 4.74 Å². The molecule has 1 aliphatic rings. The van der Waals surface area contributed by atoms with Gasteiger partial charge < -0.3 is 21.1 Å². The van der Waals surface area contributed by atoms with Gasteiger partial charge in [0.1, 0.15) is 18.2 Å². The number of halogens is 1. The third-order valence-corrected chi connectivity index (χ3v) is 2.34. The number of hydrogen-bond donors (Lipinski definition) is 2. The Morgan fingerprint density at radius 1 is 1.70 bits per heavy atom. The van der Waals surface area contributed by atoms with E-state index in [1.54, 1.807) is 0 Å². The second kappa shape index (κ2) is 7.87. The van der Waals surface area contributed by atoms with Crippen LogP contribution in [0.4, 0.5) is 10.2 Å². The van der Waals surface area contributed by atoms with E-state index in [-0.39, 0.29) is 60.2 Å². The quantitative estimate of drug-likeness (QED) is 0.215. The number of anilines is 1. The van der Waals surface area contributed by atoms with E-state index in [1.165, 1.54) is 12.3 Å². The number of hydrogen-bond acceptors (Lipinski definition) is 7. The Bertz CT molecular complexity index is 564. The molecule has 1 aromatic heterocycles. The number of rotatable bonds is 2. The molecule has 10 nitrogen and oxygen atoms in total. The number of aromatic nitrogens is 2. The molecular weight excluding hydrogens is 400 g/mol. The molecule has 0 unspecified atom stereocenters. The minimum absolute atomic E-state index is 0. The maximum atomic E-state index is 13.7. The molecule has 0 saturated carbocycles. The van der Waals surface area contributed by atoms with E-state index < -0.39 is 30.4 Å². The normalized spacial score (nSPS) is 24.3. The number of aliphatic hydroxyl groups is 1. The predicted octanol–water partition coefficient (Wildman–Crippen LogP) is -0.705. The zero-order valence-electron chi connectivity index (χ0n) is 10.00. The molecule has 20 heavy (non-hydrogen) atoms. The van der Waals surface area contributed by atoms with Crippen molar-refractivity contribution >= 4 is 54.7 Å². The van der Waals surface area contributed by atoms with Crippen molar-refractivity contribution in [1.82, 2.24) is 9.55 Å². The molecule has 2 rings (SSSR count). The summed E-state index contributed by atoms with van der Waals surface area (Å²) in [4.78, 5) is 17.2. The van der Waals surface area contributed by atoms with Crippen molar-refractivity contribution < 1.29 is 19.7 Å². The average Bonchev–Trinajstić information content (AvgIpc) is 2.58. The van der Waals surface area contributed by atoms with Gasteiger partial charge in [0.25, 0.3) is 0 Å². The van der Waals surface area contributed by atoms with E-state index in [9.17, 15) is 14.3 Å². The van der Waals surface area contributed by atoms with Crippen LogP contribution < -0.4 is 11.4 Å². The second-order valence-electron chi connectivity index (χ2n) is 3.47. The van der Waals surface area contributed by atoms with Gasteiger partial charge in [-0.15, -0.1) is 0 Å². The molecule has 0 spiro atoms. The van der Waals surface area contributed by atoms with Gasteiger partial charge in [-0.1, -0.05) is 0 Å². The summed E-state index contributed by atoms with van der Waals surface area (Å²) in [5, 5.41) is 12.4. The van der Waals surface area contributed by atoms with Crippen LogP contribution in [0, 0.1) is 6.23 Å². The SMILES string of the molecule is [Ba+2].[N-]=[N+]=N[C-]1O[C@@H](n2ccc(N)nc2=O)[C@H](F)[C@@H]1O.[OH-]. The molecule has 0 radical (unpaired) electrons. The Kier molecular flexibility index (Phi) is 7.58. The third-order valence-electron chi connectivity index (χ3n) is 2.34. The van der Waals surface area contributed by atoms with Crippen LogP contribution in [0.25, 0.3) is 10.4 Å². The number of nitrogens with two attached hydrogens (primary N) is 1. The number of nitrogen functional groups attached to an aromatic ring is 1. The van der Waals surface area contributed by atoms with Gasteiger partial charge in [-0.05, 0) is 16.5 Å². The Labute approximate surface area is 151 Å². The first-order valence-corrected chi connectivity index (χ1v) is 4.80. The summed E-state index contributed by atoms with van der Waals surface area (Å²) in [5.74, 6) is -0.0237. The minimum Gasteiger partial charge on any atom is -0.870 e. The summed E-state index contributed by atoms with van der Waals surface area (Å²) in [6.45, 7) is 0. The van der Waals surface area contributed by atoms with Gasteiger partial charge >= 0.3 is 54.6 Å². The first kappa shape index (κ1) is 19.2. The first-order chi connectivity index (χ1) is 8.54. The zero-order valence-corrected chi connectivity index (χ0v) is 14.4. The molecule has 1 fully saturated rings. The summed E-state index contributed by atoms with van der Waals surface area (Å²) < 4.78 is 19.4. The fourth-order valence-corrected chi connectivity index (χ4v) is 1.51. The number of azide groups is 1. The minimum atomic E-state index is -1.95. The van der Waals surface area contributed by atoms with Crippen molar-refractivity contribution in [1.29, 1.82) is 0 Å². The van der Waals surface area contributed by atoms with E-state index in [2.05, 4.69) is 15.0 Å². The van der Waals surface area contributed by atoms with Crippen LogP contribution in [-0.4, -0.2) is 81.3 Å². The van der Waals surface area contributed by atoms with Gasteiger partial charge in [-0.2, -0.15) is 11.2 Å². The molecule has 12 heteroatoms. The number of alkyl halides is 1. The van der Waals surface area contributed by atoms with Gasteiger partial charge in [0.15, 0.2) is 0 Å². The zero-order chi connectivity index (χ0) is 13.3. The van der Waals surface area contributed by atoms with E-state index in [0.717, 1.165) is 4.57 Å². The van der Waals surface area contributed by atoms with Gasteiger partial charge in [-0.25, -0.2) is 14.3 Å². The van der Waals surface area contributed by atoms with Crippen molar-refractivity contribution in [3.8, 4) is 0 Å². The van der Waals surface area contributed by atoms with Crippen LogP contribution in [0.3, 0.4) is 0 Å². The topological polar surface area (TPSA) is 169 Å². The molecular formula is C8H9BaFN6O4. The third kappa shape index (κ3) is 3.66. The number of aliphatic hydroxyl groups excluding tert-OH is 1. The predicted molar refractivity (Wildman–Crippen MR) is 64.0 cm³/mol. The van der Waals surface area contributed by atoms with E-state index in [1.807, 2.05) is 0 Å². The van der Waals surface area contributed by atoms with Crippen molar-refractivity contribution in [2.75, 3.05) is 5.73 Å². The standard InChI is InChI=1S/C8H8FN6O3.Ba.H2O/c9-4-5(16)6(13-14-11)18-7(4)15-2-1-3(10)12-8(15)17;;/h1-2,4-5,7,16H,(H2,10,12,17);;1H2/q-1;+2;/p-1/t4-,5+,7-;;/m1../s1. The summed E-state index contributed by atoms with van der Waals surface area (Å²) in [6, 6.07) is 1.27. The van der Waals surface area contributed by atoms with Crippen LogP contribution in [0.5, 0.6) is 0 Å². The average molecular weight is 410 g/mol. The number of nitrogens with zero attached hydrogens (tertiary/aromatic N) is 5. The van der Waals surface area contributed by atoms with E-state index >= 15 is 0 Å². The summed E-state index contributed by atoms with van der Waals surface area (Å²) in [5.41, 5.74) is 12.7. The molecule has 0 bridgehead atoms. The monoisotopic (exact) mass is 410 g/mol. The second-order valence-corrected chi connectivity index (χ2v) is 3.47. The van der Waals surface area contributed by atoms with Gasteiger partial charge in [0.05, 0.1) is 0 Å². The molecule has 3 atom stereocenters. The van der Waals surface area contributed by atoms with Crippen LogP contribution in [0.2, 0.25) is 0 Å². The maximum Gasteiger partial charge on any atom is 2.00 e. The van der Waals surface area contributed by atoms with E-state index in [4.69, 9.17) is 16.0 Å². The summed E-state index contributed by atoms with van der Waals surface area (Å²) in [6.07, 6.45) is -4.47. The first-order valence-electron chi connectivity index (χ1n) is 4.80. The van der Waals surface area contributed by atoms with Crippen molar-refractivity contribution in [2.24, 2.45) is 5.11 Å². The van der Waals surface area contributed by atoms with Gasteiger partial charge in [-0.3, -0.25) is 4.57 Å². The Hall–Kier alpha value is -0.759. The van der Waals surface area contributed by atoms with Crippen molar-refractivity contribution in [3.63, 3.8) is 0 Å². The van der Waals surface area contributed by atoms with E-state index in [0.29, 0.717) is 0 Å². The molecule has 1 aromatic rings. The fourth-order valence-electron chi connectivity index (χ4n) is 1.51. The fraction of sp³-hybridized carbons (Fsp3) is 0.375. The molecule has 1 saturated heterocycles. The molecule has 0 aromatic carbocycles. The largest absolute Gasteiger partial charge is 2.00 e. The Balaban J connectivity index is 0.00000180. The maximum absolute atomic E-state index is 13.7. The van der Waals surface area contributed by atoms with Gasteiger partial charge in [0, 0.05) is 12.3 Å².